The Morgan fingerprint density at radius 1 is 1.14 bits per heavy atom. The van der Waals surface area contributed by atoms with Crippen molar-refractivity contribution in [3.05, 3.63) is 72.3 Å². The van der Waals surface area contributed by atoms with Gasteiger partial charge in [0.2, 0.25) is 10.0 Å². The highest BCUT2D eigenvalue weighted by Gasteiger charge is 2.24. The average Bonchev–Trinajstić information content (AvgIpc) is 2.49. The lowest BCUT2D eigenvalue weighted by Crippen LogP contribution is -2.31. The lowest BCUT2D eigenvalue weighted by Gasteiger charge is -2.21. The molecule has 0 unspecified atom stereocenters. The van der Waals surface area contributed by atoms with Gasteiger partial charge in [0.25, 0.3) is 0 Å². The van der Waals surface area contributed by atoms with Gasteiger partial charge in [0.1, 0.15) is 5.75 Å². The summed E-state index contributed by atoms with van der Waals surface area (Å²) in [6.45, 7) is 6.09. The Morgan fingerprint density at radius 2 is 1.77 bits per heavy atom. The van der Waals surface area contributed by atoms with E-state index in [-0.39, 0.29) is 23.7 Å². The quantitative estimate of drug-likeness (QED) is 0.833. The SMILES string of the molecule is C=CCN(Cc1ccccc1C)S(=O)(=O)c1ccc(O)cc1. The maximum absolute atomic E-state index is 12.7. The smallest absolute Gasteiger partial charge is 0.243 e. The van der Waals surface area contributed by atoms with Gasteiger partial charge in [0.15, 0.2) is 0 Å². The highest BCUT2D eigenvalue weighted by Crippen LogP contribution is 2.21. The van der Waals surface area contributed by atoms with E-state index in [2.05, 4.69) is 6.58 Å². The highest BCUT2D eigenvalue weighted by molar-refractivity contribution is 7.89. The maximum atomic E-state index is 12.7. The van der Waals surface area contributed by atoms with Crippen LogP contribution in [0.2, 0.25) is 0 Å². The zero-order chi connectivity index (χ0) is 16.2. The molecule has 5 heteroatoms. The molecule has 22 heavy (non-hydrogen) atoms. The molecule has 0 atom stereocenters. The summed E-state index contributed by atoms with van der Waals surface area (Å²) in [5.74, 6) is 0.0353. The predicted octanol–water partition coefficient (Wildman–Crippen LogP) is 3.08. The first-order chi connectivity index (χ1) is 10.4. The summed E-state index contributed by atoms with van der Waals surface area (Å²) < 4.78 is 26.9. The Hall–Kier alpha value is -2.11. The van der Waals surface area contributed by atoms with E-state index in [0.717, 1.165) is 11.1 Å². The molecule has 2 rings (SSSR count). The van der Waals surface area contributed by atoms with Crippen LogP contribution in [0.3, 0.4) is 0 Å². The molecule has 0 radical (unpaired) electrons. The third kappa shape index (κ3) is 3.55. The number of aromatic hydroxyl groups is 1. The molecule has 1 N–H and O–H groups in total. The van der Waals surface area contributed by atoms with Crippen LogP contribution in [0.4, 0.5) is 0 Å². The van der Waals surface area contributed by atoms with E-state index in [0.29, 0.717) is 0 Å². The number of rotatable bonds is 6. The molecule has 116 valence electrons. The largest absolute Gasteiger partial charge is 0.508 e. The first-order valence-electron chi connectivity index (χ1n) is 6.89. The van der Waals surface area contributed by atoms with Gasteiger partial charge in [-0.15, -0.1) is 6.58 Å². The van der Waals surface area contributed by atoms with E-state index in [4.69, 9.17) is 0 Å². The first-order valence-corrected chi connectivity index (χ1v) is 8.33. The number of hydrogen-bond donors (Lipinski definition) is 1. The van der Waals surface area contributed by atoms with Crippen molar-refractivity contribution in [3.63, 3.8) is 0 Å². The van der Waals surface area contributed by atoms with E-state index in [9.17, 15) is 13.5 Å². The Labute approximate surface area is 131 Å². The number of phenolic OH excluding ortho intramolecular Hbond substituents is 1. The summed E-state index contributed by atoms with van der Waals surface area (Å²) in [5, 5.41) is 9.31. The van der Waals surface area contributed by atoms with Crippen LogP contribution < -0.4 is 0 Å². The molecule has 0 bridgehead atoms. The monoisotopic (exact) mass is 317 g/mol. The Balaban J connectivity index is 2.36. The fourth-order valence-electron chi connectivity index (χ4n) is 2.14. The van der Waals surface area contributed by atoms with E-state index in [1.807, 2.05) is 31.2 Å². The second-order valence-corrected chi connectivity index (χ2v) is 6.94. The topological polar surface area (TPSA) is 57.6 Å². The van der Waals surface area contributed by atoms with Crippen molar-refractivity contribution in [2.24, 2.45) is 0 Å². The summed E-state index contributed by atoms with van der Waals surface area (Å²) in [5.41, 5.74) is 1.99. The standard InChI is InChI=1S/C17H19NO3S/c1-3-12-18(13-15-7-5-4-6-14(15)2)22(20,21)17-10-8-16(19)9-11-17/h3-11,19H,1,12-13H2,2H3. The van der Waals surface area contributed by atoms with Gasteiger partial charge in [-0.1, -0.05) is 30.3 Å². The van der Waals surface area contributed by atoms with Crippen molar-refractivity contribution in [1.29, 1.82) is 0 Å². The van der Waals surface area contributed by atoms with Crippen LogP contribution in [0.5, 0.6) is 5.75 Å². The van der Waals surface area contributed by atoms with Crippen LogP contribution in [-0.2, 0) is 16.6 Å². The molecule has 0 aromatic heterocycles. The van der Waals surface area contributed by atoms with Gasteiger partial charge in [-0.05, 0) is 42.3 Å². The average molecular weight is 317 g/mol. The molecular weight excluding hydrogens is 298 g/mol. The number of phenols is 1. The van der Waals surface area contributed by atoms with Gasteiger partial charge < -0.3 is 5.11 Å². The Kier molecular flexibility index (Phi) is 5.00. The minimum atomic E-state index is -3.64. The molecule has 2 aromatic carbocycles. The molecule has 0 aliphatic rings. The number of aryl methyl sites for hydroxylation is 1. The van der Waals surface area contributed by atoms with Crippen LogP contribution in [0.25, 0.3) is 0 Å². The summed E-state index contributed by atoms with van der Waals surface area (Å²) in [4.78, 5) is 0.153. The molecule has 0 fully saturated rings. The molecule has 2 aromatic rings. The molecular formula is C17H19NO3S. The second kappa shape index (κ2) is 6.77. The normalized spacial score (nSPS) is 11.5. The Bertz CT molecular complexity index is 752. The van der Waals surface area contributed by atoms with Crippen molar-refractivity contribution < 1.29 is 13.5 Å². The molecule has 0 heterocycles. The van der Waals surface area contributed by atoms with E-state index in [1.165, 1.54) is 28.6 Å². The van der Waals surface area contributed by atoms with Crippen LogP contribution in [0, 0.1) is 6.92 Å². The van der Waals surface area contributed by atoms with Crippen molar-refractivity contribution in [2.75, 3.05) is 6.54 Å². The maximum Gasteiger partial charge on any atom is 0.243 e. The number of benzene rings is 2. The molecule has 0 saturated carbocycles. The van der Waals surface area contributed by atoms with Gasteiger partial charge in [0, 0.05) is 13.1 Å². The van der Waals surface area contributed by atoms with Gasteiger partial charge in [-0.25, -0.2) is 8.42 Å². The number of hydrogen-bond acceptors (Lipinski definition) is 3. The molecule has 0 aliphatic heterocycles. The lowest BCUT2D eigenvalue weighted by atomic mass is 10.1. The highest BCUT2D eigenvalue weighted by atomic mass is 32.2. The second-order valence-electron chi connectivity index (χ2n) is 5.01. The van der Waals surface area contributed by atoms with Crippen molar-refractivity contribution in [2.45, 2.75) is 18.4 Å². The van der Waals surface area contributed by atoms with Crippen molar-refractivity contribution >= 4 is 10.0 Å². The van der Waals surface area contributed by atoms with Gasteiger partial charge >= 0.3 is 0 Å². The molecule has 0 saturated heterocycles. The predicted molar refractivity (Wildman–Crippen MR) is 87.1 cm³/mol. The summed E-state index contributed by atoms with van der Waals surface area (Å²) in [7, 11) is -3.64. The summed E-state index contributed by atoms with van der Waals surface area (Å²) >= 11 is 0. The molecule has 4 nitrogen and oxygen atoms in total. The minimum absolute atomic E-state index is 0.0353. The molecule has 0 amide bonds. The third-order valence-corrected chi connectivity index (χ3v) is 5.24. The molecule has 0 aliphatic carbocycles. The van der Waals surface area contributed by atoms with E-state index in [1.54, 1.807) is 6.08 Å². The lowest BCUT2D eigenvalue weighted by molar-refractivity contribution is 0.437. The number of nitrogens with zero attached hydrogens (tertiary/aromatic N) is 1. The van der Waals surface area contributed by atoms with Crippen molar-refractivity contribution in [3.8, 4) is 5.75 Å². The summed E-state index contributed by atoms with van der Waals surface area (Å²) in [6.07, 6.45) is 1.57. The minimum Gasteiger partial charge on any atom is -0.508 e. The summed E-state index contributed by atoms with van der Waals surface area (Å²) in [6, 6.07) is 13.2. The van der Waals surface area contributed by atoms with Gasteiger partial charge in [-0.3, -0.25) is 0 Å². The fourth-order valence-corrected chi connectivity index (χ4v) is 3.53. The van der Waals surface area contributed by atoms with Crippen molar-refractivity contribution in [1.82, 2.24) is 4.31 Å². The zero-order valence-electron chi connectivity index (χ0n) is 12.4. The number of sulfonamides is 1. The third-order valence-electron chi connectivity index (χ3n) is 3.42. The fraction of sp³-hybridized carbons (Fsp3) is 0.176. The van der Waals surface area contributed by atoms with Crippen LogP contribution in [-0.4, -0.2) is 24.4 Å². The van der Waals surface area contributed by atoms with Crippen LogP contribution in [0.1, 0.15) is 11.1 Å². The van der Waals surface area contributed by atoms with E-state index >= 15 is 0 Å². The van der Waals surface area contributed by atoms with E-state index < -0.39 is 10.0 Å². The van der Waals surface area contributed by atoms with Crippen LogP contribution in [0.15, 0.2) is 66.1 Å². The molecule has 0 spiro atoms. The Morgan fingerprint density at radius 3 is 2.36 bits per heavy atom. The zero-order valence-corrected chi connectivity index (χ0v) is 13.3. The first kappa shape index (κ1) is 16.3. The van der Waals surface area contributed by atoms with Gasteiger partial charge in [-0.2, -0.15) is 4.31 Å². The van der Waals surface area contributed by atoms with Crippen LogP contribution >= 0.6 is 0 Å². The van der Waals surface area contributed by atoms with Gasteiger partial charge in [0.05, 0.1) is 4.90 Å².